The van der Waals surface area contributed by atoms with Gasteiger partial charge in [-0.2, -0.15) is 0 Å². The maximum Gasteiger partial charge on any atom is 0.338 e. The van der Waals surface area contributed by atoms with Crippen LogP contribution in [-0.4, -0.2) is 33.8 Å². The van der Waals surface area contributed by atoms with E-state index in [1.54, 1.807) is 25.1 Å². The molecule has 4 aromatic rings. The number of aryl methyl sites for hydroxylation is 1. The van der Waals surface area contributed by atoms with E-state index in [9.17, 15) is 23.6 Å². The maximum absolute atomic E-state index is 13.4. The Hall–Kier alpha value is -4.38. The van der Waals surface area contributed by atoms with Crippen LogP contribution in [-0.2, 0) is 4.74 Å². The van der Waals surface area contributed by atoms with Gasteiger partial charge in [-0.25, -0.2) is 18.6 Å². The molecule has 0 aliphatic heterocycles. The van der Waals surface area contributed by atoms with Gasteiger partial charge in [0, 0.05) is 23.1 Å². The fraction of sp³-hybridized carbons (Fsp3) is 0.160. The number of anilines is 2. The third kappa shape index (κ3) is 5.31. The highest BCUT2D eigenvalue weighted by Crippen LogP contribution is 2.24. The molecule has 0 aliphatic carbocycles. The number of carbonyl (C=O) groups excluding carboxylic acids is 3. The summed E-state index contributed by atoms with van der Waals surface area (Å²) in [6.45, 7) is 3.76. The zero-order valence-electron chi connectivity index (χ0n) is 19.3. The van der Waals surface area contributed by atoms with Crippen molar-refractivity contribution in [1.29, 1.82) is 0 Å². The molecule has 0 atom stereocenters. The largest absolute Gasteiger partial charge is 0.462 e. The van der Waals surface area contributed by atoms with Gasteiger partial charge in [0.15, 0.2) is 4.96 Å². The summed E-state index contributed by atoms with van der Waals surface area (Å²) in [5.41, 5.74) is 0.489. The van der Waals surface area contributed by atoms with Crippen LogP contribution in [0.2, 0.25) is 0 Å². The summed E-state index contributed by atoms with van der Waals surface area (Å²) in [4.78, 5) is 55.8. The molecule has 0 saturated heterocycles. The lowest BCUT2D eigenvalue weighted by Gasteiger charge is -2.09. The molecule has 2 aromatic heterocycles. The number of thiazole rings is 1. The molecule has 2 N–H and O–H groups in total. The Balaban J connectivity index is 1.71. The molecule has 0 aliphatic rings. The second-order valence-electron chi connectivity index (χ2n) is 7.77. The predicted molar refractivity (Wildman–Crippen MR) is 133 cm³/mol. The zero-order chi connectivity index (χ0) is 25.8. The summed E-state index contributed by atoms with van der Waals surface area (Å²) in [5, 5.41) is 5.24. The summed E-state index contributed by atoms with van der Waals surface area (Å²) in [6.07, 6.45) is 0.665. The first kappa shape index (κ1) is 24.7. The summed E-state index contributed by atoms with van der Waals surface area (Å²) in [6, 6.07) is 12.5. The molecule has 0 radical (unpaired) electrons. The standard InChI is InChI=1S/C25H21FN4O5S/c1-3-11-35-24(34)15-5-4-6-18(13-15)29-22(32)20-21(23(33)28-17-9-7-16(26)8-10-17)36-25-27-14(2)12-19(31)30(20)25/h4-10,12-13H,3,11H2,1-2H3,(H,28,33)(H,29,32). The summed E-state index contributed by atoms with van der Waals surface area (Å²) in [5.74, 6) is -2.43. The SMILES string of the molecule is CCCOC(=O)c1cccc(NC(=O)c2c(C(=O)Nc3ccc(F)cc3)sc3nc(C)cc(=O)n23)c1. The van der Waals surface area contributed by atoms with E-state index in [2.05, 4.69) is 15.6 Å². The minimum Gasteiger partial charge on any atom is -0.462 e. The van der Waals surface area contributed by atoms with Gasteiger partial charge in [0.1, 0.15) is 16.4 Å². The topological polar surface area (TPSA) is 119 Å². The van der Waals surface area contributed by atoms with Gasteiger partial charge in [-0.3, -0.25) is 14.4 Å². The number of nitrogens with zero attached hydrogens (tertiary/aromatic N) is 2. The average Bonchev–Trinajstić information content (AvgIpc) is 3.24. The number of carbonyl (C=O) groups is 3. The molecule has 36 heavy (non-hydrogen) atoms. The van der Waals surface area contributed by atoms with Gasteiger partial charge in [-0.1, -0.05) is 24.3 Å². The van der Waals surface area contributed by atoms with Crippen LogP contribution in [0.1, 0.15) is 49.6 Å². The van der Waals surface area contributed by atoms with E-state index in [1.165, 1.54) is 36.4 Å². The minimum absolute atomic E-state index is 0.0643. The molecule has 184 valence electrons. The lowest BCUT2D eigenvalue weighted by molar-refractivity contribution is 0.0505. The summed E-state index contributed by atoms with van der Waals surface area (Å²) in [7, 11) is 0. The molecule has 2 aromatic carbocycles. The van der Waals surface area contributed by atoms with Crippen LogP contribution in [0.4, 0.5) is 15.8 Å². The van der Waals surface area contributed by atoms with Crippen LogP contribution in [0.3, 0.4) is 0 Å². The zero-order valence-corrected chi connectivity index (χ0v) is 20.1. The molecule has 0 fully saturated rings. The fourth-order valence-electron chi connectivity index (χ4n) is 3.36. The number of nitrogens with one attached hydrogen (secondary N) is 2. The van der Waals surface area contributed by atoms with Crippen LogP contribution in [0.25, 0.3) is 4.96 Å². The Kier molecular flexibility index (Phi) is 7.20. The van der Waals surface area contributed by atoms with Crippen LogP contribution >= 0.6 is 11.3 Å². The van der Waals surface area contributed by atoms with Gasteiger partial charge in [-0.15, -0.1) is 0 Å². The second kappa shape index (κ2) is 10.5. The first-order valence-electron chi connectivity index (χ1n) is 11.0. The molecule has 2 heterocycles. The van der Waals surface area contributed by atoms with Gasteiger partial charge < -0.3 is 15.4 Å². The van der Waals surface area contributed by atoms with Gasteiger partial charge in [0.05, 0.1) is 12.2 Å². The van der Waals surface area contributed by atoms with Crippen LogP contribution in [0.15, 0.2) is 59.4 Å². The number of esters is 1. The van der Waals surface area contributed by atoms with Crippen LogP contribution in [0.5, 0.6) is 0 Å². The highest BCUT2D eigenvalue weighted by molar-refractivity contribution is 7.19. The molecule has 0 bridgehead atoms. The van der Waals surface area contributed by atoms with Crippen molar-refractivity contribution < 1.29 is 23.5 Å². The number of amides is 2. The summed E-state index contributed by atoms with van der Waals surface area (Å²) >= 11 is 0.870. The Morgan fingerprint density at radius 1 is 1.03 bits per heavy atom. The van der Waals surface area contributed by atoms with Gasteiger partial charge in [-0.05, 0) is 55.8 Å². The number of fused-ring (bicyclic) bond motifs is 1. The molecular weight excluding hydrogens is 487 g/mol. The van der Waals surface area contributed by atoms with Gasteiger partial charge >= 0.3 is 5.97 Å². The molecule has 9 nitrogen and oxygen atoms in total. The lowest BCUT2D eigenvalue weighted by atomic mass is 10.2. The normalized spacial score (nSPS) is 10.8. The first-order valence-corrected chi connectivity index (χ1v) is 11.8. The highest BCUT2D eigenvalue weighted by atomic mass is 32.1. The molecule has 2 amide bonds. The van der Waals surface area contributed by atoms with E-state index in [0.717, 1.165) is 15.7 Å². The predicted octanol–water partition coefficient (Wildman–Crippen LogP) is 4.27. The average molecular weight is 509 g/mol. The Morgan fingerprint density at radius 3 is 2.47 bits per heavy atom. The third-order valence-corrected chi connectivity index (χ3v) is 6.00. The van der Waals surface area contributed by atoms with Gasteiger partial charge in [0.2, 0.25) is 0 Å². The number of halogens is 1. The van der Waals surface area contributed by atoms with Crippen molar-refractivity contribution in [3.63, 3.8) is 0 Å². The maximum atomic E-state index is 13.4. The smallest absolute Gasteiger partial charge is 0.338 e. The molecular formula is C25H21FN4O5S. The van der Waals surface area contributed by atoms with Crippen molar-refractivity contribution in [3.05, 3.63) is 92.6 Å². The van der Waals surface area contributed by atoms with Gasteiger partial charge in [0.25, 0.3) is 17.4 Å². The minimum atomic E-state index is -0.752. The van der Waals surface area contributed by atoms with Crippen molar-refractivity contribution in [2.45, 2.75) is 20.3 Å². The molecule has 0 saturated carbocycles. The Morgan fingerprint density at radius 2 is 1.75 bits per heavy atom. The van der Waals surface area contributed by atoms with E-state index >= 15 is 0 Å². The van der Waals surface area contributed by atoms with E-state index in [0.29, 0.717) is 17.8 Å². The molecule has 0 unspecified atom stereocenters. The van der Waals surface area contributed by atoms with Crippen molar-refractivity contribution in [1.82, 2.24) is 9.38 Å². The lowest BCUT2D eigenvalue weighted by Crippen LogP contribution is -2.25. The van der Waals surface area contributed by atoms with Crippen LogP contribution in [0, 0.1) is 12.7 Å². The van der Waals surface area contributed by atoms with Crippen LogP contribution < -0.4 is 16.2 Å². The second-order valence-corrected chi connectivity index (χ2v) is 8.74. The number of hydrogen-bond acceptors (Lipinski definition) is 7. The van der Waals surface area contributed by atoms with E-state index in [-0.39, 0.29) is 33.4 Å². The monoisotopic (exact) mass is 508 g/mol. The number of hydrogen-bond donors (Lipinski definition) is 2. The highest BCUT2D eigenvalue weighted by Gasteiger charge is 2.26. The van der Waals surface area contributed by atoms with E-state index in [4.69, 9.17) is 4.74 Å². The Labute approximate surface area is 208 Å². The van der Waals surface area contributed by atoms with Crippen molar-refractivity contribution in [3.8, 4) is 0 Å². The number of aromatic nitrogens is 2. The number of rotatable bonds is 7. The van der Waals surface area contributed by atoms with Crippen molar-refractivity contribution in [2.24, 2.45) is 0 Å². The van der Waals surface area contributed by atoms with E-state index in [1.807, 2.05) is 6.92 Å². The third-order valence-electron chi connectivity index (χ3n) is 4.96. The molecule has 4 rings (SSSR count). The summed E-state index contributed by atoms with van der Waals surface area (Å²) < 4.78 is 19.4. The van der Waals surface area contributed by atoms with Crippen molar-refractivity contribution in [2.75, 3.05) is 17.2 Å². The molecule has 0 spiro atoms. The number of ether oxygens (including phenoxy) is 1. The van der Waals surface area contributed by atoms with Crippen molar-refractivity contribution >= 4 is 45.5 Å². The quantitative estimate of drug-likeness (QED) is 0.360. The number of benzene rings is 2. The molecule has 11 heteroatoms. The van der Waals surface area contributed by atoms with E-state index < -0.39 is 29.2 Å². The fourth-order valence-corrected chi connectivity index (χ4v) is 4.43. The Bertz CT molecular complexity index is 1530. The first-order chi connectivity index (χ1) is 17.3.